The largest absolute Gasteiger partial charge is 0.296 e. The van der Waals surface area contributed by atoms with E-state index in [1.807, 2.05) is 44.3 Å². The SMILES string of the molecule is Cc1ccc2nc(CN(C)Cc3cc(Br)ccc3Cl)cc(=O)n2c1. The minimum atomic E-state index is -0.0624. The Morgan fingerprint density at radius 1 is 1.21 bits per heavy atom. The Balaban J connectivity index is 1.83. The highest BCUT2D eigenvalue weighted by molar-refractivity contribution is 9.10. The molecule has 0 bridgehead atoms. The molecule has 124 valence electrons. The molecule has 24 heavy (non-hydrogen) atoms. The van der Waals surface area contributed by atoms with Gasteiger partial charge in [-0.05, 0) is 49.4 Å². The molecule has 0 aliphatic carbocycles. The maximum atomic E-state index is 12.3. The predicted molar refractivity (Wildman–Crippen MR) is 101 cm³/mol. The summed E-state index contributed by atoms with van der Waals surface area (Å²) in [6.45, 7) is 3.20. The number of nitrogens with zero attached hydrogens (tertiary/aromatic N) is 3. The minimum absolute atomic E-state index is 0.0624. The molecule has 0 aliphatic heterocycles. The summed E-state index contributed by atoms with van der Waals surface area (Å²) in [5.74, 6) is 0. The molecule has 4 nitrogen and oxygen atoms in total. The maximum Gasteiger partial charge on any atom is 0.258 e. The zero-order chi connectivity index (χ0) is 17.3. The van der Waals surface area contributed by atoms with Crippen LogP contribution < -0.4 is 5.56 Å². The standard InChI is InChI=1S/C18H17BrClN3O/c1-12-3-6-17-21-15(8-18(24)23(17)9-12)11-22(2)10-13-7-14(19)4-5-16(13)20/h3-9H,10-11H2,1-2H3. The Bertz CT molecular complexity index is 955. The topological polar surface area (TPSA) is 37.6 Å². The van der Waals surface area contributed by atoms with Crippen molar-refractivity contribution in [3.63, 3.8) is 0 Å². The molecule has 0 aliphatic rings. The molecular formula is C18H17BrClN3O. The van der Waals surface area contributed by atoms with Gasteiger partial charge in [0.25, 0.3) is 5.56 Å². The number of fused-ring (bicyclic) bond motifs is 1. The fourth-order valence-corrected chi connectivity index (χ4v) is 3.21. The predicted octanol–water partition coefficient (Wildman–Crippen LogP) is 4.05. The third-order valence-electron chi connectivity index (χ3n) is 3.74. The van der Waals surface area contributed by atoms with Gasteiger partial charge in [-0.3, -0.25) is 14.1 Å². The molecule has 2 heterocycles. The lowest BCUT2D eigenvalue weighted by atomic mass is 10.2. The van der Waals surface area contributed by atoms with Crippen molar-refractivity contribution in [2.75, 3.05) is 7.05 Å². The molecule has 1 aromatic carbocycles. The minimum Gasteiger partial charge on any atom is -0.296 e. The normalized spacial score (nSPS) is 11.4. The summed E-state index contributed by atoms with van der Waals surface area (Å²) in [6, 6.07) is 11.2. The van der Waals surface area contributed by atoms with Crippen molar-refractivity contribution in [2.45, 2.75) is 20.0 Å². The van der Waals surface area contributed by atoms with Gasteiger partial charge < -0.3 is 0 Å². The summed E-state index contributed by atoms with van der Waals surface area (Å²) in [5.41, 5.74) is 3.41. The van der Waals surface area contributed by atoms with Gasteiger partial charge in [0.2, 0.25) is 0 Å². The van der Waals surface area contributed by atoms with Crippen molar-refractivity contribution in [1.29, 1.82) is 0 Å². The quantitative estimate of drug-likeness (QED) is 0.656. The Kier molecular flexibility index (Phi) is 5.04. The van der Waals surface area contributed by atoms with E-state index in [0.29, 0.717) is 18.7 Å². The van der Waals surface area contributed by atoms with E-state index < -0.39 is 0 Å². The number of hydrogen-bond acceptors (Lipinski definition) is 3. The van der Waals surface area contributed by atoms with Gasteiger partial charge in [0.1, 0.15) is 5.65 Å². The first kappa shape index (κ1) is 17.1. The van der Waals surface area contributed by atoms with E-state index in [9.17, 15) is 4.79 Å². The van der Waals surface area contributed by atoms with Crippen LogP contribution in [0.25, 0.3) is 5.65 Å². The zero-order valence-corrected chi connectivity index (χ0v) is 15.8. The molecule has 0 amide bonds. The van der Waals surface area contributed by atoms with Crippen molar-refractivity contribution in [3.8, 4) is 0 Å². The number of benzene rings is 1. The van der Waals surface area contributed by atoms with Crippen LogP contribution in [-0.4, -0.2) is 21.3 Å². The van der Waals surface area contributed by atoms with Gasteiger partial charge in [-0.15, -0.1) is 0 Å². The third-order valence-corrected chi connectivity index (χ3v) is 4.60. The van der Waals surface area contributed by atoms with Crippen LogP contribution in [0.3, 0.4) is 0 Å². The number of hydrogen-bond donors (Lipinski definition) is 0. The fourth-order valence-electron chi connectivity index (χ4n) is 2.63. The molecule has 6 heteroatoms. The van der Waals surface area contributed by atoms with Crippen molar-refractivity contribution < 1.29 is 0 Å². The van der Waals surface area contributed by atoms with Gasteiger partial charge in [0.15, 0.2) is 0 Å². The van der Waals surface area contributed by atoms with Crippen LogP contribution in [0.1, 0.15) is 16.8 Å². The van der Waals surface area contributed by atoms with Gasteiger partial charge in [0.05, 0.1) is 5.69 Å². The molecule has 0 fully saturated rings. The molecular weight excluding hydrogens is 390 g/mol. The molecule has 0 saturated heterocycles. The summed E-state index contributed by atoms with van der Waals surface area (Å²) < 4.78 is 2.57. The highest BCUT2D eigenvalue weighted by atomic mass is 79.9. The third kappa shape index (κ3) is 3.86. The van der Waals surface area contributed by atoms with Crippen LogP contribution >= 0.6 is 27.5 Å². The average Bonchev–Trinajstić information content (AvgIpc) is 2.52. The lowest BCUT2D eigenvalue weighted by Gasteiger charge is -2.17. The van der Waals surface area contributed by atoms with Crippen molar-refractivity contribution >= 4 is 33.2 Å². The van der Waals surface area contributed by atoms with Crippen LogP contribution in [-0.2, 0) is 13.1 Å². The number of aromatic nitrogens is 2. The monoisotopic (exact) mass is 405 g/mol. The van der Waals surface area contributed by atoms with Gasteiger partial charge in [-0.1, -0.05) is 33.6 Å². The number of pyridine rings is 1. The van der Waals surface area contributed by atoms with E-state index in [-0.39, 0.29) is 5.56 Å². The van der Waals surface area contributed by atoms with Crippen LogP contribution in [0.4, 0.5) is 0 Å². The zero-order valence-electron chi connectivity index (χ0n) is 13.5. The van der Waals surface area contributed by atoms with E-state index in [2.05, 4.69) is 25.8 Å². The van der Waals surface area contributed by atoms with E-state index in [1.165, 1.54) is 0 Å². The molecule has 3 rings (SSSR count). The van der Waals surface area contributed by atoms with Crippen LogP contribution in [0.2, 0.25) is 5.02 Å². The summed E-state index contributed by atoms with van der Waals surface area (Å²) in [6.07, 6.45) is 1.80. The smallest absolute Gasteiger partial charge is 0.258 e. The Labute approximate surface area is 153 Å². The van der Waals surface area contributed by atoms with Crippen molar-refractivity contribution in [2.24, 2.45) is 0 Å². The number of halogens is 2. The molecule has 0 saturated carbocycles. The molecule has 0 N–H and O–H groups in total. The van der Waals surface area contributed by atoms with Crippen molar-refractivity contribution in [3.05, 3.63) is 79.3 Å². The number of rotatable bonds is 4. The first-order valence-corrected chi connectivity index (χ1v) is 8.71. The second-order valence-electron chi connectivity index (χ2n) is 5.93. The van der Waals surface area contributed by atoms with Crippen LogP contribution in [0.15, 0.2) is 51.9 Å². The lowest BCUT2D eigenvalue weighted by Crippen LogP contribution is -2.22. The van der Waals surface area contributed by atoms with Gasteiger partial charge in [0, 0.05) is 34.8 Å². The summed E-state index contributed by atoms with van der Waals surface area (Å²) >= 11 is 9.71. The van der Waals surface area contributed by atoms with Crippen LogP contribution in [0, 0.1) is 6.92 Å². The molecule has 2 aromatic heterocycles. The number of aryl methyl sites for hydroxylation is 1. The summed E-state index contributed by atoms with van der Waals surface area (Å²) in [5, 5.41) is 0.729. The first-order chi connectivity index (χ1) is 11.4. The first-order valence-electron chi connectivity index (χ1n) is 7.54. The van der Waals surface area contributed by atoms with E-state index in [4.69, 9.17) is 11.6 Å². The summed E-state index contributed by atoms with van der Waals surface area (Å²) in [7, 11) is 1.98. The van der Waals surface area contributed by atoms with Gasteiger partial charge in [-0.2, -0.15) is 0 Å². The highest BCUT2D eigenvalue weighted by Crippen LogP contribution is 2.22. The van der Waals surface area contributed by atoms with Gasteiger partial charge >= 0.3 is 0 Å². The Hall–Kier alpha value is -1.69. The Morgan fingerprint density at radius 2 is 2.00 bits per heavy atom. The Morgan fingerprint density at radius 3 is 2.79 bits per heavy atom. The van der Waals surface area contributed by atoms with E-state index in [1.54, 1.807) is 16.7 Å². The second kappa shape index (κ2) is 7.05. The van der Waals surface area contributed by atoms with E-state index in [0.717, 1.165) is 26.3 Å². The maximum absolute atomic E-state index is 12.3. The van der Waals surface area contributed by atoms with Crippen LogP contribution in [0.5, 0.6) is 0 Å². The van der Waals surface area contributed by atoms with E-state index >= 15 is 0 Å². The average molecular weight is 407 g/mol. The molecule has 0 unspecified atom stereocenters. The molecule has 0 spiro atoms. The van der Waals surface area contributed by atoms with Crippen molar-refractivity contribution in [1.82, 2.24) is 14.3 Å². The summed E-state index contributed by atoms with van der Waals surface area (Å²) in [4.78, 5) is 18.9. The second-order valence-corrected chi connectivity index (χ2v) is 7.25. The van der Waals surface area contributed by atoms with Gasteiger partial charge in [-0.25, -0.2) is 4.98 Å². The molecule has 0 radical (unpaired) electrons. The molecule has 3 aromatic rings. The lowest BCUT2D eigenvalue weighted by molar-refractivity contribution is 0.315. The fraction of sp³-hybridized carbons (Fsp3) is 0.222. The molecule has 0 atom stereocenters. The highest BCUT2D eigenvalue weighted by Gasteiger charge is 2.09.